The third kappa shape index (κ3) is 2.79. The summed E-state index contributed by atoms with van der Waals surface area (Å²) in [5.41, 5.74) is -0.393. The minimum atomic E-state index is -0.246. The first-order chi connectivity index (χ1) is 8.64. The van der Waals surface area contributed by atoms with Gasteiger partial charge in [0.1, 0.15) is 5.72 Å². The van der Waals surface area contributed by atoms with Gasteiger partial charge < -0.3 is 9.84 Å². The molecule has 104 valence electrons. The van der Waals surface area contributed by atoms with Crippen LogP contribution in [0, 0.1) is 5.92 Å². The Morgan fingerprint density at radius 2 is 2.33 bits per heavy atom. The van der Waals surface area contributed by atoms with Crippen molar-refractivity contribution in [3.05, 3.63) is 12.7 Å². The van der Waals surface area contributed by atoms with E-state index in [4.69, 9.17) is 4.74 Å². The largest absolute Gasteiger partial charge is 0.394 e. The van der Waals surface area contributed by atoms with Crippen molar-refractivity contribution in [2.45, 2.75) is 63.1 Å². The number of hydrogen-bond acceptors (Lipinski definition) is 3. The SMILES string of the molecule is C=CCCCCC1CCCC12NC(C)(CO)CO2. The average molecular weight is 253 g/mol. The molecule has 0 radical (unpaired) electrons. The molecule has 2 aliphatic rings. The Labute approximate surface area is 111 Å². The summed E-state index contributed by atoms with van der Waals surface area (Å²) < 4.78 is 6.09. The van der Waals surface area contributed by atoms with Crippen LogP contribution in [0.1, 0.15) is 51.9 Å². The molecular weight excluding hydrogens is 226 g/mol. The minimum absolute atomic E-state index is 0.147. The smallest absolute Gasteiger partial charge is 0.122 e. The number of aliphatic hydroxyl groups is 1. The number of hydrogen-bond donors (Lipinski definition) is 2. The molecule has 1 aliphatic carbocycles. The zero-order chi connectivity index (χ0) is 13.1. The minimum Gasteiger partial charge on any atom is -0.394 e. The highest BCUT2D eigenvalue weighted by atomic mass is 16.5. The van der Waals surface area contributed by atoms with Crippen LogP contribution in [0.4, 0.5) is 0 Å². The van der Waals surface area contributed by atoms with E-state index in [1.807, 2.05) is 6.08 Å². The maximum Gasteiger partial charge on any atom is 0.122 e. The molecule has 3 unspecified atom stereocenters. The van der Waals surface area contributed by atoms with E-state index in [9.17, 15) is 5.11 Å². The Balaban J connectivity index is 1.89. The molecule has 2 N–H and O–H groups in total. The van der Waals surface area contributed by atoms with Crippen LogP contribution in [0.2, 0.25) is 0 Å². The van der Waals surface area contributed by atoms with Gasteiger partial charge in [0.15, 0.2) is 0 Å². The Hall–Kier alpha value is -0.380. The van der Waals surface area contributed by atoms with Gasteiger partial charge in [0.2, 0.25) is 0 Å². The monoisotopic (exact) mass is 253 g/mol. The summed E-state index contributed by atoms with van der Waals surface area (Å²) in [4.78, 5) is 0. The molecule has 0 aromatic carbocycles. The third-order valence-electron chi connectivity index (χ3n) is 4.48. The van der Waals surface area contributed by atoms with Crippen molar-refractivity contribution in [2.75, 3.05) is 13.2 Å². The van der Waals surface area contributed by atoms with Crippen molar-refractivity contribution in [3.8, 4) is 0 Å². The summed E-state index contributed by atoms with van der Waals surface area (Å²) in [7, 11) is 0. The normalized spacial score (nSPS) is 39.6. The zero-order valence-corrected chi connectivity index (χ0v) is 11.6. The first kappa shape index (κ1) is 14.0. The summed E-state index contributed by atoms with van der Waals surface area (Å²) in [5.74, 6) is 0.607. The van der Waals surface area contributed by atoms with Gasteiger partial charge in [-0.25, -0.2) is 0 Å². The molecule has 1 spiro atoms. The van der Waals surface area contributed by atoms with E-state index in [0.29, 0.717) is 12.5 Å². The van der Waals surface area contributed by atoms with Gasteiger partial charge in [0.25, 0.3) is 0 Å². The Kier molecular flexibility index (Phi) is 4.46. The maximum atomic E-state index is 9.45. The quantitative estimate of drug-likeness (QED) is 0.565. The van der Waals surface area contributed by atoms with Crippen molar-refractivity contribution in [1.82, 2.24) is 5.32 Å². The van der Waals surface area contributed by atoms with E-state index in [-0.39, 0.29) is 17.9 Å². The molecule has 1 saturated carbocycles. The molecule has 1 aliphatic heterocycles. The van der Waals surface area contributed by atoms with E-state index in [1.54, 1.807) is 0 Å². The zero-order valence-electron chi connectivity index (χ0n) is 11.6. The van der Waals surface area contributed by atoms with E-state index in [1.165, 1.54) is 32.1 Å². The highest BCUT2D eigenvalue weighted by Crippen LogP contribution is 2.44. The van der Waals surface area contributed by atoms with Gasteiger partial charge in [-0.05, 0) is 45.4 Å². The van der Waals surface area contributed by atoms with Gasteiger partial charge in [-0.3, -0.25) is 5.32 Å². The standard InChI is InChI=1S/C15H27NO2/c1-3-4-5-6-8-13-9-7-10-15(13)16-14(2,11-17)12-18-15/h3,13,16-17H,1,4-12H2,2H3. The van der Waals surface area contributed by atoms with Crippen LogP contribution in [-0.2, 0) is 4.74 Å². The maximum absolute atomic E-state index is 9.45. The summed E-state index contributed by atoms with van der Waals surface area (Å²) in [6.45, 7) is 6.60. The summed E-state index contributed by atoms with van der Waals surface area (Å²) >= 11 is 0. The second-order valence-corrected chi connectivity index (χ2v) is 6.18. The van der Waals surface area contributed by atoms with Crippen molar-refractivity contribution in [3.63, 3.8) is 0 Å². The van der Waals surface area contributed by atoms with Crippen molar-refractivity contribution < 1.29 is 9.84 Å². The Bertz CT molecular complexity index is 294. The van der Waals surface area contributed by atoms with Crippen molar-refractivity contribution in [2.24, 2.45) is 5.92 Å². The number of nitrogens with one attached hydrogen (secondary N) is 1. The fourth-order valence-electron chi connectivity index (χ4n) is 3.42. The first-order valence-corrected chi connectivity index (χ1v) is 7.29. The predicted octanol–water partition coefficient (Wildman–Crippen LogP) is 2.60. The van der Waals surface area contributed by atoms with Crippen LogP contribution in [0.3, 0.4) is 0 Å². The molecule has 0 aromatic heterocycles. The van der Waals surface area contributed by atoms with Crippen molar-refractivity contribution >= 4 is 0 Å². The fraction of sp³-hybridized carbons (Fsp3) is 0.867. The van der Waals surface area contributed by atoms with Gasteiger partial charge in [-0.15, -0.1) is 6.58 Å². The first-order valence-electron chi connectivity index (χ1n) is 7.29. The second-order valence-electron chi connectivity index (χ2n) is 6.18. The third-order valence-corrected chi connectivity index (χ3v) is 4.48. The van der Waals surface area contributed by atoms with Gasteiger partial charge in [-0.1, -0.05) is 12.5 Å². The molecule has 0 bridgehead atoms. The predicted molar refractivity (Wildman–Crippen MR) is 73.3 cm³/mol. The Morgan fingerprint density at radius 1 is 1.50 bits per heavy atom. The summed E-state index contributed by atoms with van der Waals surface area (Å²) in [5, 5.41) is 13.0. The Morgan fingerprint density at radius 3 is 3.00 bits per heavy atom. The molecule has 3 atom stereocenters. The number of aliphatic hydroxyl groups excluding tert-OH is 1. The van der Waals surface area contributed by atoms with Crippen LogP contribution in [0.5, 0.6) is 0 Å². The van der Waals surface area contributed by atoms with Crippen molar-refractivity contribution in [1.29, 1.82) is 0 Å². The fourth-order valence-corrected chi connectivity index (χ4v) is 3.42. The topological polar surface area (TPSA) is 41.5 Å². The van der Waals surface area contributed by atoms with E-state index < -0.39 is 0 Å². The molecule has 2 rings (SSSR count). The van der Waals surface area contributed by atoms with Gasteiger partial charge in [0, 0.05) is 5.92 Å². The van der Waals surface area contributed by atoms with Gasteiger partial charge >= 0.3 is 0 Å². The molecule has 0 aromatic rings. The number of ether oxygens (including phenoxy) is 1. The molecule has 18 heavy (non-hydrogen) atoms. The molecule has 3 nitrogen and oxygen atoms in total. The molecule has 1 heterocycles. The molecule has 1 saturated heterocycles. The number of unbranched alkanes of at least 4 members (excludes halogenated alkanes) is 2. The van der Waals surface area contributed by atoms with Gasteiger partial charge in [0.05, 0.1) is 18.8 Å². The highest BCUT2D eigenvalue weighted by molar-refractivity contribution is 5.03. The highest BCUT2D eigenvalue weighted by Gasteiger charge is 2.52. The molecule has 3 heteroatoms. The van der Waals surface area contributed by atoms with Gasteiger partial charge in [-0.2, -0.15) is 0 Å². The van der Waals surface area contributed by atoms with Crippen LogP contribution in [-0.4, -0.2) is 29.6 Å². The van der Waals surface area contributed by atoms with Crippen LogP contribution >= 0.6 is 0 Å². The van der Waals surface area contributed by atoms with Crippen LogP contribution < -0.4 is 5.32 Å². The lowest BCUT2D eigenvalue weighted by atomic mass is 9.92. The molecule has 2 fully saturated rings. The lowest BCUT2D eigenvalue weighted by molar-refractivity contribution is -0.0437. The van der Waals surface area contributed by atoms with E-state index in [0.717, 1.165) is 12.8 Å². The molecular formula is C15H27NO2. The number of rotatable bonds is 6. The number of allylic oxidation sites excluding steroid dienone is 1. The van der Waals surface area contributed by atoms with E-state index >= 15 is 0 Å². The lowest BCUT2D eigenvalue weighted by Gasteiger charge is -2.33. The summed E-state index contributed by atoms with van der Waals surface area (Å²) in [6, 6.07) is 0. The molecule has 0 amide bonds. The second kappa shape index (κ2) is 5.72. The summed E-state index contributed by atoms with van der Waals surface area (Å²) in [6.07, 6.45) is 10.4. The lowest BCUT2D eigenvalue weighted by Crippen LogP contribution is -2.53. The van der Waals surface area contributed by atoms with Crippen LogP contribution in [0.15, 0.2) is 12.7 Å². The average Bonchev–Trinajstić information content (AvgIpc) is 2.91. The van der Waals surface area contributed by atoms with E-state index in [2.05, 4.69) is 18.8 Å². The van der Waals surface area contributed by atoms with Crippen LogP contribution in [0.25, 0.3) is 0 Å².